The minimum Gasteiger partial charge on any atom is -0.480 e. The minimum absolute atomic E-state index is 0.352. The average molecular weight is 268 g/mol. The smallest absolute Gasteiger partial charge is 0.319 e. The van der Waals surface area contributed by atoms with E-state index in [4.69, 9.17) is 5.11 Å². The molecule has 0 amide bonds. The highest BCUT2D eigenvalue weighted by Gasteiger charge is 2.30. The molecule has 0 spiro atoms. The van der Waals surface area contributed by atoms with Gasteiger partial charge >= 0.3 is 5.97 Å². The molecule has 18 heavy (non-hydrogen) atoms. The number of carboxylic acid groups (broad SMARTS) is 1. The van der Waals surface area contributed by atoms with E-state index in [1.807, 2.05) is 0 Å². The molecule has 0 bridgehead atoms. The van der Waals surface area contributed by atoms with Crippen molar-refractivity contribution < 1.29 is 14.3 Å². The number of aliphatic carboxylic acids is 1. The molecule has 1 heterocycles. The highest BCUT2D eigenvalue weighted by molar-refractivity contribution is 8.01. The lowest BCUT2D eigenvalue weighted by Crippen LogP contribution is -2.27. The van der Waals surface area contributed by atoms with Crippen molar-refractivity contribution in [3.63, 3.8) is 0 Å². The van der Waals surface area contributed by atoms with E-state index in [1.54, 1.807) is 31.5 Å². The third kappa shape index (κ3) is 2.20. The summed E-state index contributed by atoms with van der Waals surface area (Å²) in [5.41, 5.74) is 1.31. The van der Waals surface area contributed by atoms with Crippen LogP contribution in [0.25, 0.3) is 11.0 Å². The molecule has 1 aromatic heterocycles. The monoisotopic (exact) mass is 268 g/mol. The second kappa shape index (κ2) is 4.28. The van der Waals surface area contributed by atoms with Crippen LogP contribution in [0.1, 0.15) is 13.8 Å². The molecule has 0 atom stereocenters. The number of carboxylic acids is 1. The highest BCUT2D eigenvalue weighted by Crippen LogP contribution is 2.33. The topological polar surface area (TPSA) is 55.1 Å². The predicted octanol–water partition coefficient (Wildman–Crippen LogP) is 2.67. The maximum absolute atomic E-state index is 13.1. The number of aromatic nitrogens is 2. The Morgan fingerprint density at radius 3 is 2.78 bits per heavy atom. The number of carbonyl (C=O) groups is 1. The van der Waals surface area contributed by atoms with Crippen LogP contribution in [0.4, 0.5) is 4.39 Å². The van der Waals surface area contributed by atoms with Crippen molar-refractivity contribution in [2.24, 2.45) is 7.05 Å². The number of benzene rings is 1. The van der Waals surface area contributed by atoms with Gasteiger partial charge in [-0.1, -0.05) is 11.8 Å². The van der Waals surface area contributed by atoms with Gasteiger partial charge in [0.1, 0.15) is 10.6 Å². The van der Waals surface area contributed by atoms with Crippen LogP contribution in [0.5, 0.6) is 0 Å². The molecular weight excluding hydrogens is 255 g/mol. The molecule has 0 saturated carbocycles. The summed E-state index contributed by atoms with van der Waals surface area (Å²) in [5.74, 6) is -1.26. The lowest BCUT2D eigenvalue weighted by molar-refractivity contribution is -0.138. The highest BCUT2D eigenvalue weighted by atomic mass is 32.2. The van der Waals surface area contributed by atoms with Crippen LogP contribution >= 0.6 is 11.8 Å². The summed E-state index contributed by atoms with van der Waals surface area (Å²) in [6.07, 6.45) is 0. The number of rotatable bonds is 3. The van der Waals surface area contributed by atoms with Gasteiger partial charge in [0.05, 0.1) is 11.0 Å². The summed E-state index contributed by atoms with van der Waals surface area (Å²) in [7, 11) is 1.79. The number of halogens is 1. The van der Waals surface area contributed by atoms with Gasteiger partial charge < -0.3 is 9.67 Å². The SMILES string of the molecule is Cn1c(SC(C)(C)C(=O)O)nc2cc(F)ccc21. The van der Waals surface area contributed by atoms with Gasteiger partial charge in [-0.2, -0.15) is 0 Å². The molecule has 0 aliphatic carbocycles. The number of imidazole rings is 1. The minimum atomic E-state index is -0.978. The molecule has 2 rings (SSSR count). The predicted molar refractivity (Wildman–Crippen MR) is 68.2 cm³/mol. The average Bonchev–Trinajstić information content (AvgIpc) is 2.54. The third-order valence-electron chi connectivity index (χ3n) is 2.66. The van der Waals surface area contributed by atoms with Gasteiger partial charge in [0, 0.05) is 13.1 Å². The van der Waals surface area contributed by atoms with Gasteiger partial charge in [-0.25, -0.2) is 9.37 Å². The molecule has 0 radical (unpaired) electrons. The van der Waals surface area contributed by atoms with Gasteiger partial charge in [-0.15, -0.1) is 0 Å². The first kappa shape index (κ1) is 12.9. The number of hydrogen-bond donors (Lipinski definition) is 1. The Hall–Kier alpha value is -1.56. The Kier molecular flexibility index (Phi) is 3.06. The van der Waals surface area contributed by atoms with E-state index in [-0.39, 0.29) is 5.82 Å². The number of thioether (sulfide) groups is 1. The van der Waals surface area contributed by atoms with E-state index >= 15 is 0 Å². The normalized spacial score (nSPS) is 12.0. The summed E-state index contributed by atoms with van der Waals surface area (Å²) >= 11 is 1.14. The summed E-state index contributed by atoms with van der Waals surface area (Å²) in [4.78, 5) is 15.4. The van der Waals surface area contributed by atoms with Crippen molar-refractivity contribution in [2.75, 3.05) is 0 Å². The van der Waals surface area contributed by atoms with E-state index in [1.165, 1.54) is 12.1 Å². The Morgan fingerprint density at radius 1 is 1.50 bits per heavy atom. The maximum Gasteiger partial charge on any atom is 0.319 e. The number of aryl methyl sites for hydroxylation is 1. The zero-order valence-electron chi connectivity index (χ0n) is 10.3. The van der Waals surface area contributed by atoms with E-state index < -0.39 is 10.7 Å². The van der Waals surface area contributed by atoms with Crippen molar-refractivity contribution in [1.82, 2.24) is 9.55 Å². The van der Waals surface area contributed by atoms with Gasteiger partial charge in [-0.05, 0) is 26.0 Å². The number of nitrogens with zero attached hydrogens (tertiary/aromatic N) is 2. The van der Waals surface area contributed by atoms with Gasteiger partial charge in [0.25, 0.3) is 0 Å². The van der Waals surface area contributed by atoms with Crippen LogP contribution in [-0.4, -0.2) is 25.4 Å². The molecule has 0 saturated heterocycles. The molecule has 96 valence electrons. The molecule has 0 aliphatic rings. The summed E-state index contributed by atoms with van der Waals surface area (Å²) < 4.78 is 13.9. The molecule has 0 unspecified atom stereocenters. The van der Waals surface area contributed by atoms with Crippen LogP contribution in [-0.2, 0) is 11.8 Å². The molecule has 0 aliphatic heterocycles. The quantitative estimate of drug-likeness (QED) is 0.869. The molecule has 6 heteroatoms. The van der Waals surface area contributed by atoms with Crippen LogP contribution in [0.15, 0.2) is 23.4 Å². The standard InChI is InChI=1S/C12H13FN2O2S/c1-12(2,10(16)17)18-11-14-8-6-7(13)4-5-9(8)15(11)3/h4-6H,1-3H3,(H,16,17). The molecule has 1 N–H and O–H groups in total. The molecule has 2 aromatic rings. The molecular formula is C12H13FN2O2S. The first-order chi connectivity index (χ1) is 8.31. The zero-order valence-corrected chi connectivity index (χ0v) is 11.1. The van der Waals surface area contributed by atoms with E-state index in [0.717, 1.165) is 17.3 Å². The fourth-order valence-electron chi connectivity index (χ4n) is 1.51. The summed E-state index contributed by atoms with van der Waals surface area (Å²) in [6, 6.07) is 4.34. The third-order valence-corrected chi connectivity index (χ3v) is 3.90. The molecule has 4 nitrogen and oxygen atoms in total. The van der Waals surface area contributed by atoms with Crippen molar-refractivity contribution in [3.05, 3.63) is 24.0 Å². The Morgan fingerprint density at radius 2 is 2.17 bits per heavy atom. The number of hydrogen-bond acceptors (Lipinski definition) is 3. The fourth-order valence-corrected chi connectivity index (χ4v) is 2.44. The fraction of sp³-hybridized carbons (Fsp3) is 0.333. The number of fused-ring (bicyclic) bond motifs is 1. The Bertz CT molecular complexity index is 622. The largest absolute Gasteiger partial charge is 0.480 e. The Balaban J connectivity index is 2.46. The van der Waals surface area contributed by atoms with E-state index in [0.29, 0.717) is 10.7 Å². The summed E-state index contributed by atoms with van der Waals surface area (Å²) in [6.45, 7) is 3.22. The first-order valence-corrected chi connectivity index (χ1v) is 6.17. The van der Waals surface area contributed by atoms with Crippen molar-refractivity contribution >= 4 is 28.8 Å². The second-order valence-electron chi connectivity index (χ2n) is 4.50. The van der Waals surface area contributed by atoms with E-state index in [2.05, 4.69) is 4.98 Å². The van der Waals surface area contributed by atoms with Crippen molar-refractivity contribution in [2.45, 2.75) is 23.8 Å². The van der Waals surface area contributed by atoms with Crippen LogP contribution in [0, 0.1) is 5.82 Å². The molecule has 0 fully saturated rings. The second-order valence-corrected chi connectivity index (χ2v) is 6.09. The lowest BCUT2D eigenvalue weighted by Gasteiger charge is -2.17. The van der Waals surface area contributed by atoms with Crippen LogP contribution in [0.2, 0.25) is 0 Å². The van der Waals surface area contributed by atoms with Crippen LogP contribution < -0.4 is 0 Å². The van der Waals surface area contributed by atoms with Gasteiger partial charge in [0.15, 0.2) is 5.16 Å². The Labute approximate surface area is 108 Å². The van der Waals surface area contributed by atoms with Gasteiger partial charge in [0.2, 0.25) is 0 Å². The van der Waals surface area contributed by atoms with Gasteiger partial charge in [-0.3, -0.25) is 4.79 Å². The zero-order chi connectivity index (χ0) is 13.5. The lowest BCUT2D eigenvalue weighted by atomic mass is 10.2. The molecule has 1 aromatic carbocycles. The van der Waals surface area contributed by atoms with Crippen molar-refractivity contribution in [1.29, 1.82) is 0 Å². The van der Waals surface area contributed by atoms with E-state index in [9.17, 15) is 9.18 Å². The summed E-state index contributed by atoms with van der Waals surface area (Å²) in [5, 5.41) is 9.65. The van der Waals surface area contributed by atoms with Crippen molar-refractivity contribution in [3.8, 4) is 0 Å². The first-order valence-electron chi connectivity index (χ1n) is 5.35. The van der Waals surface area contributed by atoms with Crippen LogP contribution in [0.3, 0.4) is 0 Å². The maximum atomic E-state index is 13.1.